The van der Waals surface area contributed by atoms with E-state index < -0.39 is 36.5 Å². The molecule has 0 aromatic heterocycles. The van der Waals surface area contributed by atoms with E-state index in [1.165, 1.54) is 6.42 Å². The minimum absolute atomic E-state index is 0.0821. The molecule has 8 nitrogen and oxygen atoms in total. The van der Waals surface area contributed by atoms with Crippen LogP contribution in [0.2, 0.25) is 0 Å². The van der Waals surface area contributed by atoms with Crippen molar-refractivity contribution in [2.24, 2.45) is 5.92 Å². The van der Waals surface area contributed by atoms with Gasteiger partial charge in [0.25, 0.3) is 5.91 Å². The van der Waals surface area contributed by atoms with Crippen molar-refractivity contribution in [3.05, 3.63) is 0 Å². The van der Waals surface area contributed by atoms with Crippen molar-refractivity contribution in [3.8, 4) is 0 Å². The van der Waals surface area contributed by atoms with Crippen LogP contribution in [-0.4, -0.2) is 47.4 Å². The molecule has 8 heteroatoms. The SMILES string of the molecule is CC(C)C[C@H]1NC(=O)N(CC(=O)NC(=O)NC2CCCCC2)C1=O. The third-order valence-corrected chi connectivity index (χ3v) is 4.31. The number of nitrogens with one attached hydrogen (secondary N) is 3. The van der Waals surface area contributed by atoms with Crippen LogP contribution in [0, 0.1) is 5.92 Å². The molecule has 1 aliphatic carbocycles. The Morgan fingerprint density at radius 2 is 1.88 bits per heavy atom. The van der Waals surface area contributed by atoms with Crippen molar-refractivity contribution < 1.29 is 19.2 Å². The molecule has 6 amide bonds. The maximum Gasteiger partial charge on any atom is 0.325 e. The van der Waals surface area contributed by atoms with E-state index in [4.69, 9.17) is 0 Å². The number of carbonyl (C=O) groups is 4. The molecule has 24 heavy (non-hydrogen) atoms. The zero-order valence-electron chi connectivity index (χ0n) is 14.3. The molecular formula is C16H26N4O4. The Bertz CT molecular complexity index is 514. The van der Waals surface area contributed by atoms with Crippen LogP contribution >= 0.6 is 0 Å². The molecule has 1 atom stereocenters. The molecule has 0 aromatic rings. The second-order valence-corrected chi connectivity index (χ2v) is 6.91. The summed E-state index contributed by atoms with van der Waals surface area (Å²) in [4.78, 5) is 48.6. The van der Waals surface area contributed by atoms with Gasteiger partial charge in [0.2, 0.25) is 5.91 Å². The third-order valence-electron chi connectivity index (χ3n) is 4.31. The van der Waals surface area contributed by atoms with Crippen molar-refractivity contribution in [2.75, 3.05) is 6.54 Å². The average molecular weight is 338 g/mol. The van der Waals surface area contributed by atoms with E-state index in [2.05, 4.69) is 16.0 Å². The highest BCUT2D eigenvalue weighted by atomic mass is 16.2. The minimum atomic E-state index is -0.669. The van der Waals surface area contributed by atoms with E-state index in [0.29, 0.717) is 6.42 Å². The number of hydrogen-bond donors (Lipinski definition) is 3. The van der Waals surface area contributed by atoms with Gasteiger partial charge in [-0.15, -0.1) is 0 Å². The van der Waals surface area contributed by atoms with Crippen molar-refractivity contribution in [1.82, 2.24) is 20.9 Å². The van der Waals surface area contributed by atoms with Gasteiger partial charge in [-0.25, -0.2) is 9.59 Å². The van der Waals surface area contributed by atoms with Crippen molar-refractivity contribution >= 4 is 23.9 Å². The van der Waals surface area contributed by atoms with Crippen LogP contribution in [0.3, 0.4) is 0 Å². The normalized spacial score (nSPS) is 21.8. The molecule has 1 saturated carbocycles. The first-order chi connectivity index (χ1) is 11.4. The molecule has 0 radical (unpaired) electrons. The Morgan fingerprint density at radius 3 is 2.50 bits per heavy atom. The van der Waals surface area contributed by atoms with Crippen molar-refractivity contribution in [2.45, 2.75) is 64.5 Å². The first kappa shape index (κ1) is 18.2. The fraction of sp³-hybridized carbons (Fsp3) is 0.750. The zero-order valence-corrected chi connectivity index (χ0v) is 14.3. The predicted octanol–water partition coefficient (Wildman–Crippen LogP) is 1.11. The first-order valence-corrected chi connectivity index (χ1v) is 8.59. The van der Waals surface area contributed by atoms with Gasteiger partial charge in [0, 0.05) is 6.04 Å². The fourth-order valence-corrected chi connectivity index (χ4v) is 3.14. The van der Waals surface area contributed by atoms with Gasteiger partial charge in [0.1, 0.15) is 12.6 Å². The van der Waals surface area contributed by atoms with Crippen LogP contribution in [0.5, 0.6) is 0 Å². The summed E-state index contributed by atoms with van der Waals surface area (Å²) in [5.74, 6) is -0.845. The van der Waals surface area contributed by atoms with E-state index in [0.717, 1.165) is 30.6 Å². The zero-order chi connectivity index (χ0) is 17.7. The molecule has 134 valence electrons. The monoisotopic (exact) mass is 338 g/mol. The van der Waals surface area contributed by atoms with Crippen molar-refractivity contribution in [1.29, 1.82) is 0 Å². The number of carbonyl (C=O) groups excluding carboxylic acids is 4. The Hall–Kier alpha value is -2.12. The van der Waals surface area contributed by atoms with Gasteiger partial charge >= 0.3 is 12.1 Å². The topological polar surface area (TPSA) is 108 Å². The molecule has 0 aromatic carbocycles. The highest BCUT2D eigenvalue weighted by Gasteiger charge is 2.39. The smallest absolute Gasteiger partial charge is 0.325 e. The highest BCUT2D eigenvalue weighted by molar-refractivity contribution is 6.07. The van der Waals surface area contributed by atoms with Crippen LogP contribution in [0.1, 0.15) is 52.4 Å². The Balaban J connectivity index is 1.79. The van der Waals surface area contributed by atoms with Crippen LogP contribution in [0.25, 0.3) is 0 Å². The van der Waals surface area contributed by atoms with Crippen LogP contribution in [0.4, 0.5) is 9.59 Å². The number of amides is 6. The lowest BCUT2D eigenvalue weighted by Gasteiger charge is -2.22. The summed E-state index contributed by atoms with van der Waals surface area (Å²) in [5.41, 5.74) is 0. The van der Waals surface area contributed by atoms with E-state index >= 15 is 0 Å². The predicted molar refractivity (Wildman–Crippen MR) is 87.0 cm³/mol. The maximum atomic E-state index is 12.2. The van der Waals surface area contributed by atoms with Gasteiger partial charge in [0.05, 0.1) is 0 Å². The number of rotatable bonds is 5. The summed E-state index contributed by atoms with van der Waals surface area (Å²) in [7, 11) is 0. The largest absolute Gasteiger partial charge is 0.335 e. The van der Waals surface area contributed by atoms with E-state index in [9.17, 15) is 19.2 Å². The van der Waals surface area contributed by atoms with Crippen LogP contribution < -0.4 is 16.0 Å². The van der Waals surface area contributed by atoms with Gasteiger partial charge in [-0.2, -0.15) is 0 Å². The van der Waals surface area contributed by atoms with E-state index in [1.54, 1.807) is 0 Å². The Morgan fingerprint density at radius 1 is 1.21 bits per heavy atom. The quantitative estimate of drug-likeness (QED) is 0.653. The first-order valence-electron chi connectivity index (χ1n) is 8.59. The second-order valence-electron chi connectivity index (χ2n) is 6.91. The lowest BCUT2D eigenvalue weighted by atomic mass is 9.96. The van der Waals surface area contributed by atoms with E-state index in [1.807, 2.05) is 13.8 Å². The Labute approximate surface area is 141 Å². The summed E-state index contributed by atoms with van der Waals surface area (Å²) in [6.07, 6.45) is 5.64. The van der Waals surface area contributed by atoms with Gasteiger partial charge in [0.15, 0.2) is 0 Å². The summed E-state index contributed by atoms with van der Waals surface area (Å²) in [6, 6.07) is -1.67. The fourth-order valence-electron chi connectivity index (χ4n) is 3.14. The van der Waals surface area contributed by atoms with E-state index in [-0.39, 0.29) is 12.0 Å². The maximum absolute atomic E-state index is 12.2. The number of urea groups is 2. The lowest BCUT2D eigenvalue weighted by Crippen LogP contribution is -2.49. The molecule has 0 spiro atoms. The number of imide groups is 2. The minimum Gasteiger partial charge on any atom is -0.335 e. The molecule has 1 saturated heterocycles. The number of nitrogens with zero attached hydrogens (tertiary/aromatic N) is 1. The molecule has 1 heterocycles. The standard InChI is InChI=1S/C16H26N4O4/c1-10(2)8-12-14(22)20(16(24)18-12)9-13(21)19-15(23)17-11-6-4-3-5-7-11/h10-12H,3-9H2,1-2H3,(H,18,24)(H2,17,19,21,23)/t12-/m1/s1. The van der Waals surface area contributed by atoms with Gasteiger partial charge in [-0.05, 0) is 25.2 Å². The summed E-state index contributed by atoms with van der Waals surface area (Å²) in [6.45, 7) is 3.45. The summed E-state index contributed by atoms with van der Waals surface area (Å²) < 4.78 is 0. The lowest BCUT2D eigenvalue weighted by molar-refractivity contribution is -0.132. The average Bonchev–Trinajstić information content (AvgIpc) is 2.75. The summed E-state index contributed by atoms with van der Waals surface area (Å²) in [5, 5.41) is 7.51. The van der Waals surface area contributed by atoms with Crippen LogP contribution in [0.15, 0.2) is 0 Å². The molecule has 2 aliphatic rings. The molecular weight excluding hydrogens is 312 g/mol. The molecule has 1 aliphatic heterocycles. The third kappa shape index (κ3) is 4.94. The molecule has 2 fully saturated rings. The second kappa shape index (κ2) is 8.12. The Kier molecular flexibility index (Phi) is 6.16. The molecule has 3 N–H and O–H groups in total. The van der Waals surface area contributed by atoms with Crippen LogP contribution in [-0.2, 0) is 9.59 Å². The van der Waals surface area contributed by atoms with Gasteiger partial charge in [-0.3, -0.25) is 19.8 Å². The molecule has 0 bridgehead atoms. The molecule has 0 unspecified atom stereocenters. The number of hydrogen-bond acceptors (Lipinski definition) is 4. The van der Waals surface area contributed by atoms with Crippen molar-refractivity contribution in [3.63, 3.8) is 0 Å². The molecule has 2 rings (SSSR count). The summed E-state index contributed by atoms with van der Waals surface area (Å²) >= 11 is 0. The highest BCUT2D eigenvalue weighted by Crippen LogP contribution is 2.17. The van der Waals surface area contributed by atoms with Gasteiger partial charge in [-0.1, -0.05) is 33.1 Å². The van der Waals surface area contributed by atoms with Gasteiger partial charge < -0.3 is 10.6 Å².